The maximum Gasteiger partial charge on any atom is 0.323 e. The van der Waals surface area contributed by atoms with Gasteiger partial charge in [0.1, 0.15) is 12.2 Å². The molecule has 0 bridgehead atoms. The minimum Gasteiger partial charge on any atom is -0.480 e. The van der Waals surface area contributed by atoms with Crippen molar-refractivity contribution in [2.75, 3.05) is 19.8 Å². The average Bonchev–Trinajstić information content (AvgIpc) is 2.76. The minimum atomic E-state index is -0.963. The summed E-state index contributed by atoms with van der Waals surface area (Å²) in [4.78, 5) is 24.8. The van der Waals surface area contributed by atoms with E-state index in [4.69, 9.17) is 9.84 Å². The molecule has 18 heavy (non-hydrogen) atoms. The topological polar surface area (TPSA) is 71.8 Å². The molecule has 1 saturated heterocycles. The van der Waals surface area contributed by atoms with Gasteiger partial charge in [-0.3, -0.25) is 9.59 Å². The first kappa shape index (κ1) is 12.6. The highest BCUT2D eigenvalue weighted by Gasteiger charge is 2.26. The van der Waals surface area contributed by atoms with Crippen LogP contribution in [0.15, 0.2) is 18.3 Å². The van der Waals surface area contributed by atoms with Gasteiger partial charge in [0.25, 0.3) is 5.91 Å². The summed E-state index contributed by atoms with van der Waals surface area (Å²) < 4.78 is 6.73. The summed E-state index contributed by atoms with van der Waals surface area (Å²) in [6.45, 7) is 3.30. The monoisotopic (exact) mass is 252 g/mol. The second-order valence-corrected chi connectivity index (χ2v) is 4.34. The molecule has 1 aromatic rings. The van der Waals surface area contributed by atoms with Crippen LogP contribution in [0.25, 0.3) is 0 Å². The predicted octanol–water partition coefficient (Wildman–Crippen LogP) is 0.434. The molecule has 0 spiro atoms. The SMILES string of the molecule is CC1COCCN1C(=O)c1cccn1CC(=O)O. The highest BCUT2D eigenvalue weighted by atomic mass is 16.5. The summed E-state index contributed by atoms with van der Waals surface area (Å²) in [6, 6.07) is 3.34. The van der Waals surface area contributed by atoms with Crippen LogP contribution >= 0.6 is 0 Å². The number of aromatic nitrogens is 1. The molecule has 1 amide bonds. The van der Waals surface area contributed by atoms with E-state index in [1.807, 2.05) is 6.92 Å². The number of aliphatic carboxylic acids is 1. The van der Waals surface area contributed by atoms with E-state index < -0.39 is 5.97 Å². The number of carboxylic acids is 1. The quantitative estimate of drug-likeness (QED) is 0.847. The maximum atomic E-state index is 12.3. The number of amides is 1. The molecule has 1 aromatic heterocycles. The molecule has 1 fully saturated rings. The number of morpholine rings is 1. The van der Waals surface area contributed by atoms with E-state index >= 15 is 0 Å². The molecule has 0 radical (unpaired) electrons. The molecule has 1 N–H and O–H groups in total. The zero-order chi connectivity index (χ0) is 13.1. The van der Waals surface area contributed by atoms with Gasteiger partial charge in [0, 0.05) is 12.7 Å². The van der Waals surface area contributed by atoms with Crippen molar-refractivity contribution in [2.45, 2.75) is 19.5 Å². The third kappa shape index (κ3) is 2.53. The molecule has 2 rings (SSSR count). The van der Waals surface area contributed by atoms with Gasteiger partial charge in [-0.25, -0.2) is 0 Å². The second-order valence-electron chi connectivity index (χ2n) is 4.34. The lowest BCUT2D eigenvalue weighted by Gasteiger charge is -2.33. The second kappa shape index (κ2) is 5.22. The zero-order valence-corrected chi connectivity index (χ0v) is 10.2. The summed E-state index contributed by atoms with van der Waals surface area (Å²) in [5, 5.41) is 8.79. The van der Waals surface area contributed by atoms with Gasteiger partial charge in [0.15, 0.2) is 0 Å². The van der Waals surface area contributed by atoms with E-state index in [1.165, 1.54) is 4.57 Å². The minimum absolute atomic E-state index is 0.0134. The Hall–Kier alpha value is -1.82. The van der Waals surface area contributed by atoms with E-state index in [0.29, 0.717) is 25.5 Å². The first-order chi connectivity index (χ1) is 8.59. The van der Waals surface area contributed by atoms with Crippen LogP contribution in [0, 0.1) is 0 Å². The third-order valence-corrected chi connectivity index (χ3v) is 2.98. The number of rotatable bonds is 3. The van der Waals surface area contributed by atoms with Crippen molar-refractivity contribution < 1.29 is 19.4 Å². The van der Waals surface area contributed by atoms with Crippen molar-refractivity contribution in [2.24, 2.45) is 0 Å². The van der Waals surface area contributed by atoms with Gasteiger partial charge in [-0.05, 0) is 19.1 Å². The van der Waals surface area contributed by atoms with Crippen LogP contribution in [-0.4, -0.2) is 52.3 Å². The van der Waals surface area contributed by atoms with Crippen molar-refractivity contribution in [3.05, 3.63) is 24.0 Å². The van der Waals surface area contributed by atoms with Crippen LogP contribution in [0.2, 0.25) is 0 Å². The van der Waals surface area contributed by atoms with Crippen LogP contribution in [0.3, 0.4) is 0 Å². The summed E-state index contributed by atoms with van der Waals surface area (Å²) >= 11 is 0. The Balaban J connectivity index is 2.17. The number of carboxylic acid groups (broad SMARTS) is 1. The molecule has 0 aromatic carbocycles. The molecule has 2 heterocycles. The number of hydrogen-bond acceptors (Lipinski definition) is 3. The van der Waals surface area contributed by atoms with E-state index in [9.17, 15) is 9.59 Å². The first-order valence-corrected chi connectivity index (χ1v) is 5.85. The molecule has 0 saturated carbocycles. The van der Waals surface area contributed by atoms with Gasteiger partial charge < -0.3 is 19.3 Å². The van der Waals surface area contributed by atoms with E-state index in [-0.39, 0.29) is 18.5 Å². The number of ether oxygens (including phenoxy) is 1. The van der Waals surface area contributed by atoms with Gasteiger partial charge in [-0.2, -0.15) is 0 Å². The van der Waals surface area contributed by atoms with E-state index in [0.717, 1.165) is 0 Å². The van der Waals surface area contributed by atoms with E-state index in [1.54, 1.807) is 23.2 Å². The number of carbonyl (C=O) groups excluding carboxylic acids is 1. The largest absolute Gasteiger partial charge is 0.480 e. The fourth-order valence-electron chi connectivity index (χ4n) is 2.07. The van der Waals surface area contributed by atoms with Crippen molar-refractivity contribution in [1.29, 1.82) is 0 Å². The van der Waals surface area contributed by atoms with Crippen molar-refractivity contribution in [1.82, 2.24) is 9.47 Å². The molecule has 1 atom stereocenters. The first-order valence-electron chi connectivity index (χ1n) is 5.85. The summed E-state index contributed by atoms with van der Waals surface area (Å²) in [6.07, 6.45) is 1.60. The number of carbonyl (C=O) groups is 2. The van der Waals surface area contributed by atoms with Gasteiger partial charge in [-0.15, -0.1) is 0 Å². The Bertz CT molecular complexity index is 455. The third-order valence-electron chi connectivity index (χ3n) is 2.98. The normalized spacial score (nSPS) is 19.8. The van der Waals surface area contributed by atoms with Crippen LogP contribution < -0.4 is 0 Å². The zero-order valence-electron chi connectivity index (χ0n) is 10.2. The summed E-state index contributed by atoms with van der Waals surface area (Å²) in [7, 11) is 0. The smallest absolute Gasteiger partial charge is 0.323 e. The van der Waals surface area contributed by atoms with Gasteiger partial charge in [-0.1, -0.05) is 0 Å². The van der Waals surface area contributed by atoms with E-state index in [2.05, 4.69) is 0 Å². The van der Waals surface area contributed by atoms with Gasteiger partial charge in [0.2, 0.25) is 0 Å². The lowest BCUT2D eigenvalue weighted by atomic mass is 10.2. The Morgan fingerprint density at radius 3 is 3.00 bits per heavy atom. The van der Waals surface area contributed by atoms with Crippen molar-refractivity contribution in [3.63, 3.8) is 0 Å². The maximum absolute atomic E-state index is 12.3. The van der Waals surface area contributed by atoms with Crippen LogP contribution in [0.1, 0.15) is 17.4 Å². The average molecular weight is 252 g/mol. The molecule has 6 nitrogen and oxygen atoms in total. The molecular formula is C12H16N2O4. The van der Waals surface area contributed by atoms with Gasteiger partial charge >= 0.3 is 5.97 Å². The predicted molar refractivity (Wildman–Crippen MR) is 63.4 cm³/mol. The highest BCUT2D eigenvalue weighted by Crippen LogP contribution is 2.13. The lowest BCUT2D eigenvalue weighted by Crippen LogP contribution is -2.47. The Morgan fingerprint density at radius 2 is 2.33 bits per heavy atom. The van der Waals surface area contributed by atoms with Crippen LogP contribution in [0.4, 0.5) is 0 Å². The molecule has 98 valence electrons. The summed E-state index contributed by atoms with van der Waals surface area (Å²) in [5.74, 6) is -1.10. The fourth-order valence-corrected chi connectivity index (χ4v) is 2.07. The number of hydrogen-bond donors (Lipinski definition) is 1. The fraction of sp³-hybridized carbons (Fsp3) is 0.500. The van der Waals surface area contributed by atoms with Crippen LogP contribution in [-0.2, 0) is 16.1 Å². The standard InChI is InChI=1S/C12H16N2O4/c1-9-8-18-6-5-14(9)12(17)10-3-2-4-13(10)7-11(15)16/h2-4,9H,5-8H2,1H3,(H,15,16). The molecule has 0 aliphatic carbocycles. The summed E-state index contributed by atoms with van der Waals surface area (Å²) in [5.41, 5.74) is 0.408. The lowest BCUT2D eigenvalue weighted by molar-refractivity contribution is -0.137. The molecule has 1 unspecified atom stereocenters. The molecule has 1 aliphatic rings. The molecule has 6 heteroatoms. The Kier molecular flexibility index (Phi) is 3.66. The van der Waals surface area contributed by atoms with Crippen LogP contribution in [0.5, 0.6) is 0 Å². The molecule has 1 aliphatic heterocycles. The Labute approximate surface area is 105 Å². The molecular weight excluding hydrogens is 236 g/mol. The Morgan fingerprint density at radius 1 is 1.56 bits per heavy atom. The van der Waals surface area contributed by atoms with Crippen molar-refractivity contribution in [3.8, 4) is 0 Å². The van der Waals surface area contributed by atoms with Gasteiger partial charge in [0.05, 0.1) is 19.3 Å². The highest BCUT2D eigenvalue weighted by molar-refractivity contribution is 5.93. The number of nitrogens with zero attached hydrogens (tertiary/aromatic N) is 2. The van der Waals surface area contributed by atoms with Crippen molar-refractivity contribution >= 4 is 11.9 Å².